The molecule has 5 heterocycles. The normalized spacial score (nSPS) is 41.2. The standard InChI is InChI=1S/C34H51NO15/c1-33(2,3)50-32(43)35-9-8-19-15(12-35)10-18-28(45-19)17-7-6-16(11-20(17)49-34(18,4)5)44-30-27(42)25(40)29(22(14-37)47-30)48-31-26(41)24(39)23(38)21(13-36)46-31/h6-7,11,15,18-19,21-31,36-42H,8-10,12-14H2,1-5H3/t15-,18+,19+,21+,22+,23+,24-,25+,26+,27+,28-,29+,30+,31-/m0/s1. The van der Waals surface area contributed by atoms with Gasteiger partial charge in [-0.25, -0.2) is 4.79 Å². The third kappa shape index (κ3) is 7.30. The summed E-state index contributed by atoms with van der Waals surface area (Å²) in [4.78, 5) is 14.6. The Morgan fingerprint density at radius 2 is 1.60 bits per heavy atom. The summed E-state index contributed by atoms with van der Waals surface area (Å²) in [5, 5.41) is 72.1. The van der Waals surface area contributed by atoms with Crippen molar-refractivity contribution in [3.63, 3.8) is 0 Å². The van der Waals surface area contributed by atoms with Gasteiger partial charge in [0.2, 0.25) is 6.29 Å². The summed E-state index contributed by atoms with van der Waals surface area (Å²) in [6.07, 6.45) is -14.8. The molecule has 4 fully saturated rings. The second-order valence-corrected chi connectivity index (χ2v) is 15.4. The van der Waals surface area contributed by atoms with Crippen LogP contribution in [0.2, 0.25) is 0 Å². The molecule has 16 nitrogen and oxygen atoms in total. The topological polar surface area (TPSA) is 227 Å². The van der Waals surface area contributed by atoms with E-state index in [1.54, 1.807) is 17.0 Å². The highest BCUT2D eigenvalue weighted by Gasteiger charge is 2.53. The predicted octanol–water partition coefficient (Wildman–Crippen LogP) is -0.436. The number of ether oxygens (including phenoxy) is 7. The number of aliphatic hydroxyl groups is 7. The molecule has 5 aliphatic rings. The summed E-state index contributed by atoms with van der Waals surface area (Å²) in [7, 11) is 0. The van der Waals surface area contributed by atoms with E-state index in [4.69, 9.17) is 33.2 Å². The lowest BCUT2D eigenvalue weighted by Gasteiger charge is -2.53. The lowest BCUT2D eigenvalue weighted by molar-refractivity contribution is -0.352. The Morgan fingerprint density at radius 3 is 2.28 bits per heavy atom. The number of hydrogen-bond acceptors (Lipinski definition) is 15. The van der Waals surface area contributed by atoms with Gasteiger partial charge in [0.05, 0.1) is 25.4 Å². The zero-order valence-corrected chi connectivity index (χ0v) is 28.9. The number of aliphatic hydroxyl groups excluding tert-OH is 7. The maximum Gasteiger partial charge on any atom is 0.410 e. The first-order valence-electron chi connectivity index (χ1n) is 17.2. The molecule has 50 heavy (non-hydrogen) atoms. The van der Waals surface area contributed by atoms with Gasteiger partial charge in [-0.3, -0.25) is 0 Å². The molecular formula is C34H51NO15. The monoisotopic (exact) mass is 713 g/mol. The van der Waals surface area contributed by atoms with E-state index in [2.05, 4.69) is 0 Å². The molecule has 282 valence electrons. The summed E-state index contributed by atoms with van der Waals surface area (Å²) in [6.45, 7) is 9.22. The molecule has 4 saturated heterocycles. The third-order valence-corrected chi connectivity index (χ3v) is 10.3. The maximum absolute atomic E-state index is 12.8. The number of carbonyl (C=O) groups excluding carboxylic acids is 1. The van der Waals surface area contributed by atoms with Gasteiger partial charge in [-0.05, 0) is 59.6 Å². The molecule has 14 atom stereocenters. The molecule has 0 saturated carbocycles. The first-order valence-corrected chi connectivity index (χ1v) is 17.2. The van der Waals surface area contributed by atoms with Crippen LogP contribution in [-0.2, 0) is 23.7 Å². The van der Waals surface area contributed by atoms with Gasteiger partial charge in [-0.15, -0.1) is 0 Å². The molecule has 1 aromatic rings. The maximum atomic E-state index is 12.8. The van der Waals surface area contributed by atoms with Crippen LogP contribution in [0.4, 0.5) is 4.79 Å². The van der Waals surface area contributed by atoms with E-state index in [9.17, 15) is 40.5 Å². The van der Waals surface area contributed by atoms with Gasteiger partial charge >= 0.3 is 6.09 Å². The zero-order valence-electron chi connectivity index (χ0n) is 28.9. The van der Waals surface area contributed by atoms with Crippen molar-refractivity contribution < 1.29 is 73.7 Å². The number of nitrogens with zero attached hydrogens (tertiary/aromatic N) is 1. The second kappa shape index (κ2) is 14.2. The van der Waals surface area contributed by atoms with Gasteiger partial charge in [-0.1, -0.05) is 0 Å². The van der Waals surface area contributed by atoms with Crippen molar-refractivity contribution in [3.8, 4) is 11.5 Å². The minimum absolute atomic E-state index is 0.00815. The predicted molar refractivity (Wildman–Crippen MR) is 170 cm³/mol. The summed E-state index contributed by atoms with van der Waals surface area (Å²) in [6, 6.07) is 5.15. The van der Waals surface area contributed by atoms with Crippen LogP contribution in [-0.4, -0.2) is 152 Å². The molecule has 5 aliphatic heterocycles. The number of carbonyl (C=O) groups is 1. The molecule has 0 aromatic heterocycles. The highest BCUT2D eigenvalue weighted by atomic mass is 16.7. The molecule has 1 amide bonds. The van der Waals surface area contributed by atoms with E-state index in [0.29, 0.717) is 25.3 Å². The fourth-order valence-electron chi connectivity index (χ4n) is 7.64. The number of benzene rings is 1. The first kappa shape index (κ1) is 37.4. The Balaban J connectivity index is 1.13. The van der Waals surface area contributed by atoms with Crippen LogP contribution in [0.25, 0.3) is 0 Å². The van der Waals surface area contributed by atoms with Crippen molar-refractivity contribution in [1.29, 1.82) is 0 Å². The number of piperidine rings is 1. The van der Waals surface area contributed by atoms with Crippen LogP contribution in [0.15, 0.2) is 18.2 Å². The van der Waals surface area contributed by atoms with Gasteiger partial charge < -0.3 is 73.8 Å². The number of hydrogen-bond donors (Lipinski definition) is 7. The largest absolute Gasteiger partial charge is 0.487 e. The van der Waals surface area contributed by atoms with Crippen molar-refractivity contribution in [2.24, 2.45) is 11.8 Å². The Hall–Kier alpha value is -2.35. The molecule has 0 unspecified atom stereocenters. The molecule has 0 spiro atoms. The van der Waals surface area contributed by atoms with Crippen LogP contribution in [0.1, 0.15) is 59.1 Å². The van der Waals surface area contributed by atoms with Crippen molar-refractivity contribution >= 4 is 6.09 Å². The Kier molecular flexibility index (Phi) is 10.6. The number of rotatable bonds is 6. The highest BCUT2D eigenvalue weighted by Crippen LogP contribution is 2.53. The summed E-state index contributed by atoms with van der Waals surface area (Å²) >= 11 is 0. The molecule has 0 aliphatic carbocycles. The van der Waals surface area contributed by atoms with E-state index in [-0.39, 0.29) is 35.9 Å². The minimum Gasteiger partial charge on any atom is -0.487 e. The van der Waals surface area contributed by atoms with E-state index in [1.165, 1.54) is 0 Å². The molecule has 16 heteroatoms. The van der Waals surface area contributed by atoms with Gasteiger partial charge in [0.1, 0.15) is 71.5 Å². The lowest BCUT2D eigenvalue weighted by atomic mass is 9.70. The van der Waals surface area contributed by atoms with Gasteiger partial charge in [0.15, 0.2) is 6.29 Å². The number of amides is 1. The van der Waals surface area contributed by atoms with Gasteiger partial charge in [0.25, 0.3) is 0 Å². The molecule has 1 aromatic carbocycles. The number of likely N-dealkylation sites (tertiary alicyclic amines) is 1. The Labute approximate surface area is 290 Å². The fraction of sp³-hybridized carbons (Fsp3) is 0.794. The van der Waals surface area contributed by atoms with Crippen LogP contribution in [0, 0.1) is 11.8 Å². The summed E-state index contributed by atoms with van der Waals surface area (Å²) < 4.78 is 41.6. The van der Waals surface area contributed by atoms with Crippen LogP contribution in [0.3, 0.4) is 0 Å². The quantitative estimate of drug-likeness (QED) is 0.198. The molecule has 6 rings (SSSR count). The van der Waals surface area contributed by atoms with E-state index >= 15 is 0 Å². The van der Waals surface area contributed by atoms with Crippen LogP contribution in [0.5, 0.6) is 11.5 Å². The van der Waals surface area contributed by atoms with E-state index in [1.807, 2.05) is 40.7 Å². The highest BCUT2D eigenvalue weighted by molar-refractivity contribution is 5.68. The molecular weight excluding hydrogens is 662 g/mol. The Bertz CT molecular complexity index is 1350. The van der Waals surface area contributed by atoms with Crippen molar-refractivity contribution in [3.05, 3.63) is 23.8 Å². The van der Waals surface area contributed by atoms with Crippen molar-refractivity contribution in [1.82, 2.24) is 4.90 Å². The summed E-state index contributed by atoms with van der Waals surface area (Å²) in [5.74, 6) is 0.880. The second-order valence-electron chi connectivity index (χ2n) is 15.4. The zero-order chi connectivity index (χ0) is 36.3. The smallest absolute Gasteiger partial charge is 0.410 e. The number of fused-ring (bicyclic) bond motifs is 4. The third-order valence-electron chi connectivity index (χ3n) is 10.3. The molecule has 0 bridgehead atoms. The molecule has 0 radical (unpaired) electrons. The molecule has 7 N–H and O–H groups in total. The van der Waals surface area contributed by atoms with Crippen molar-refractivity contribution in [2.75, 3.05) is 26.3 Å². The van der Waals surface area contributed by atoms with Crippen molar-refractivity contribution in [2.45, 2.75) is 132 Å². The van der Waals surface area contributed by atoms with E-state index in [0.717, 1.165) is 12.0 Å². The van der Waals surface area contributed by atoms with Crippen LogP contribution < -0.4 is 9.47 Å². The van der Waals surface area contributed by atoms with E-state index < -0.39 is 85.8 Å². The lowest BCUT2D eigenvalue weighted by Crippen LogP contribution is -2.65. The first-order chi connectivity index (χ1) is 23.5. The minimum atomic E-state index is -1.77. The average Bonchev–Trinajstić information content (AvgIpc) is 3.06. The summed E-state index contributed by atoms with van der Waals surface area (Å²) in [5.41, 5.74) is -0.395. The SMILES string of the molecule is CC(C)(C)OC(=O)N1CC[C@H]2O[C@H]3c4ccc(O[C@@H]5O[C@H](CO)[C@@H](O[C@@H]6O[C@H](CO)[C@@H](O)[C@H](O)[C@H]6O)[C@H](O)[C@H]5O)cc4OC(C)(C)[C@@H]3C[C@H]2C1. The van der Waals surface area contributed by atoms with Gasteiger partial charge in [-0.2, -0.15) is 0 Å². The van der Waals surface area contributed by atoms with Gasteiger partial charge in [0, 0.05) is 36.6 Å². The van der Waals surface area contributed by atoms with Crippen LogP contribution >= 0.6 is 0 Å². The average molecular weight is 714 g/mol. The fourth-order valence-corrected chi connectivity index (χ4v) is 7.64. The Morgan fingerprint density at radius 1 is 0.920 bits per heavy atom.